The van der Waals surface area contributed by atoms with E-state index in [0.717, 1.165) is 33.5 Å². The van der Waals surface area contributed by atoms with Crippen LogP contribution in [0.15, 0.2) is 146 Å². The van der Waals surface area contributed by atoms with E-state index in [0.29, 0.717) is 0 Å². The molecule has 4 heteroatoms. The summed E-state index contributed by atoms with van der Waals surface area (Å²) in [6, 6.07) is 53.1. The summed E-state index contributed by atoms with van der Waals surface area (Å²) in [4.78, 5) is 10.3. The third-order valence-corrected chi connectivity index (χ3v) is 11.3. The number of nitrogens with zero attached hydrogens (tertiary/aromatic N) is 4. The highest BCUT2D eigenvalue weighted by molar-refractivity contribution is 6.37. The molecule has 1 aliphatic carbocycles. The van der Waals surface area contributed by atoms with E-state index in [9.17, 15) is 0 Å². The Balaban J connectivity index is 1.23. The Hall–Kier alpha value is -6.78. The highest BCUT2D eigenvalue weighted by atomic mass is 15.0. The van der Waals surface area contributed by atoms with E-state index in [2.05, 4.69) is 142 Å². The van der Waals surface area contributed by atoms with Gasteiger partial charge in [0, 0.05) is 59.6 Å². The van der Waals surface area contributed by atoms with Crippen LogP contribution in [0.25, 0.3) is 121 Å². The normalized spacial score (nSPS) is 12.8. The molecule has 50 heavy (non-hydrogen) atoms. The van der Waals surface area contributed by atoms with Gasteiger partial charge in [-0.3, -0.25) is 0 Å². The van der Waals surface area contributed by atoms with Crippen molar-refractivity contribution in [1.29, 1.82) is 0 Å². The summed E-state index contributed by atoms with van der Waals surface area (Å²) < 4.78 is 5.04. The van der Waals surface area contributed by atoms with Crippen molar-refractivity contribution < 1.29 is 0 Å². The fourth-order valence-corrected chi connectivity index (χ4v) is 9.38. The van der Waals surface area contributed by atoms with Crippen molar-refractivity contribution in [1.82, 2.24) is 18.9 Å². The molecular formula is C46H24N4. The predicted octanol–water partition coefficient (Wildman–Crippen LogP) is 11.8. The lowest BCUT2D eigenvalue weighted by Gasteiger charge is -2.13. The lowest BCUT2D eigenvalue weighted by molar-refractivity contribution is 1.20. The van der Waals surface area contributed by atoms with Crippen LogP contribution in [-0.4, -0.2) is 18.9 Å². The average molecular weight is 633 g/mol. The van der Waals surface area contributed by atoms with Crippen LogP contribution in [0.3, 0.4) is 0 Å². The maximum absolute atomic E-state index is 5.14. The quantitative estimate of drug-likeness (QED) is 0.180. The minimum atomic E-state index is 0.924. The van der Waals surface area contributed by atoms with Gasteiger partial charge in [0.05, 0.1) is 55.7 Å². The second kappa shape index (κ2) is 8.62. The summed E-state index contributed by atoms with van der Waals surface area (Å²) in [5.41, 5.74) is 13.5. The topological polar surface area (TPSA) is 35.1 Å². The minimum absolute atomic E-state index is 0.924. The predicted molar refractivity (Wildman–Crippen MR) is 208 cm³/mol. The van der Waals surface area contributed by atoms with Gasteiger partial charge in [-0.2, -0.15) is 0 Å². The highest BCUT2D eigenvalue weighted by Gasteiger charge is 2.29. The van der Waals surface area contributed by atoms with Gasteiger partial charge in [-0.1, -0.05) is 103 Å². The van der Waals surface area contributed by atoms with Crippen LogP contribution in [0.1, 0.15) is 0 Å². The molecule has 0 spiro atoms. The zero-order chi connectivity index (χ0) is 32.2. The summed E-state index contributed by atoms with van der Waals surface area (Å²) in [5.74, 6) is 0. The molecule has 1 aliphatic rings. The van der Waals surface area contributed by atoms with Crippen LogP contribution < -0.4 is 0 Å². The molecule has 4 aromatic heterocycles. The van der Waals surface area contributed by atoms with Gasteiger partial charge in [0.1, 0.15) is 0 Å². The molecule has 0 N–H and O–H groups in total. The molecule has 12 aromatic rings. The molecule has 0 atom stereocenters. The van der Waals surface area contributed by atoms with Crippen molar-refractivity contribution in [2.75, 3.05) is 0 Å². The SMILES string of the molecule is c1ccc2c(c1)ccc1c3c4c5ccccc5n(-c5ccc6c7c(cccc57)-c5nc7ccccc7nc5-6)c4cc4c5ccccc5n(c21)c43. The van der Waals surface area contributed by atoms with Gasteiger partial charge < -0.3 is 8.97 Å². The molecular weight excluding hydrogens is 609 g/mol. The lowest BCUT2D eigenvalue weighted by atomic mass is 10.00. The van der Waals surface area contributed by atoms with Crippen molar-refractivity contribution in [2.24, 2.45) is 0 Å². The van der Waals surface area contributed by atoms with E-state index in [1.54, 1.807) is 0 Å². The van der Waals surface area contributed by atoms with Gasteiger partial charge in [-0.05, 0) is 47.9 Å². The maximum Gasteiger partial charge on any atom is 0.0979 e. The highest BCUT2D eigenvalue weighted by Crippen LogP contribution is 2.51. The standard InChI is InChI=1S/C46H24N4/c1-2-11-26-25(10-1)20-21-32-42-41-29-13-4-8-19-37(29)49(39(41)24-33-27-12-3-7-18-36(27)50(45(26)32)46(33)42)38-23-22-31-40-28(38)14-9-15-30(40)43-44(31)48-35-17-6-5-16-34(35)47-43/h1-24H. The van der Waals surface area contributed by atoms with Gasteiger partial charge >= 0.3 is 0 Å². The molecule has 228 valence electrons. The summed E-state index contributed by atoms with van der Waals surface area (Å²) >= 11 is 0. The minimum Gasteiger partial charge on any atom is -0.309 e. The Bertz CT molecular complexity index is 3440. The molecule has 4 nitrogen and oxygen atoms in total. The fraction of sp³-hybridized carbons (Fsp3) is 0. The lowest BCUT2D eigenvalue weighted by Crippen LogP contribution is -1.96. The number of aromatic nitrogens is 4. The van der Waals surface area contributed by atoms with E-state index >= 15 is 0 Å². The molecule has 0 unspecified atom stereocenters. The molecule has 13 rings (SSSR count). The van der Waals surface area contributed by atoms with Crippen molar-refractivity contribution in [3.05, 3.63) is 146 Å². The van der Waals surface area contributed by atoms with Crippen LogP contribution in [0.2, 0.25) is 0 Å². The first-order valence-corrected chi connectivity index (χ1v) is 17.2. The molecule has 0 fully saturated rings. The molecule has 0 radical (unpaired) electrons. The Kier molecular flexibility index (Phi) is 4.36. The van der Waals surface area contributed by atoms with Crippen LogP contribution >= 0.6 is 0 Å². The smallest absolute Gasteiger partial charge is 0.0979 e. The van der Waals surface area contributed by atoms with Gasteiger partial charge in [-0.15, -0.1) is 0 Å². The number of benzene rings is 8. The van der Waals surface area contributed by atoms with E-state index in [1.807, 2.05) is 12.1 Å². The van der Waals surface area contributed by atoms with Crippen molar-refractivity contribution in [3.8, 4) is 28.2 Å². The van der Waals surface area contributed by atoms with E-state index < -0.39 is 0 Å². The molecule has 8 aromatic carbocycles. The van der Waals surface area contributed by atoms with Crippen LogP contribution in [0.5, 0.6) is 0 Å². The summed E-state index contributed by atoms with van der Waals surface area (Å²) in [6.45, 7) is 0. The molecule has 0 amide bonds. The van der Waals surface area contributed by atoms with E-state index in [4.69, 9.17) is 9.97 Å². The van der Waals surface area contributed by atoms with Crippen LogP contribution in [0.4, 0.5) is 0 Å². The Morgan fingerprint density at radius 3 is 1.90 bits per heavy atom. The largest absolute Gasteiger partial charge is 0.309 e. The van der Waals surface area contributed by atoms with Crippen LogP contribution in [-0.2, 0) is 0 Å². The van der Waals surface area contributed by atoms with Crippen molar-refractivity contribution >= 4 is 92.5 Å². The maximum atomic E-state index is 5.14. The summed E-state index contributed by atoms with van der Waals surface area (Å²) in [7, 11) is 0. The summed E-state index contributed by atoms with van der Waals surface area (Å²) in [6.07, 6.45) is 0. The zero-order valence-electron chi connectivity index (χ0n) is 26.6. The molecule has 4 heterocycles. The van der Waals surface area contributed by atoms with Crippen molar-refractivity contribution in [3.63, 3.8) is 0 Å². The Morgan fingerprint density at radius 1 is 0.380 bits per heavy atom. The van der Waals surface area contributed by atoms with Crippen molar-refractivity contribution in [2.45, 2.75) is 0 Å². The van der Waals surface area contributed by atoms with Gasteiger partial charge in [-0.25, -0.2) is 9.97 Å². The van der Waals surface area contributed by atoms with Gasteiger partial charge in [0.2, 0.25) is 0 Å². The van der Waals surface area contributed by atoms with Gasteiger partial charge in [0.25, 0.3) is 0 Å². The number of hydrogen-bond acceptors (Lipinski definition) is 2. The first-order chi connectivity index (χ1) is 24.8. The number of fused-ring (bicyclic) bond motifs is 16. The molecule has 0 saturated carbocycles. The Morgan fingerprint density at radius 2 is 1.06 bits per heavy atom. The second-order valence-corrected chi connectivity index (χ2v) is 13.7. The Labute approximate surface area is 284 Å². The van der Waals surface area contributed by atoms with E-state index in [-0.39, 0.29) is 0 Å². The van der Waals surface area contributed by atoms with E-state index in [1.165, 1.54) is 87.1 Å². The number of para-hydroxylation sites is 4. The first kappa shape index (κ1) is 25.3. The number of rotatable bonds is 1. The number of hydrogen-bond donors (Lipinski definition) is 0. The third kappa shape index (κ3) is 2.84. The molecule has 0 saturated heterocycles. The van der Waals surface area contributed by atoms with Gasteiger partial charge in [0.15, 0.2) is 0 Å². The first-order valence-electron chi connectivity index (χ1n) is 17.2. The second-order valence-electron chi connectivity index (χ2n) is 13.7. The molecule has 0 aliphatic heterocycles. The zero-order valence-corrected chi connectivity index (χ0v) is 26.6. The fourth-order valence-electron chi connectivity index (χ4n) is 9.38. The monoisotopic (exact) mass is 632 g/mol. The van der Waals surface area contributed by atoms with Crippen LogP contribution in [0, 0.1) is 0 Å². The molecule has 0 bridgehead atoms. The summed E-state index contributed by atoms with van der Waals surface area (Å²) in [5, 5.41) is 12.7. The average Bonchev–Trinajstić information content (AvgIpc) is 3.89. The third-order valence-electron chi connectivity index (χ3n) is 11.3.